The van der Waals surface area contributed by atoms with E-state index in [0.717, 1.165) is 20.0 Å². The lowest BCUT2D eigenvalue weighted by Crippen LogP contribution is -2.48. The van der Waals surface area contributed by atoms with Gasteiger partial charge in [0.1, 0.15) is 11.9 Å². The van der Waals surface area contributed by atoms with E-state index in [-0.39, 0.29) is 23.6 Å². The lowest BCUT2D eigenvalue weighted by molar-refractivity contribution is -0.386. The Labute approximate surface area is 165 Å². The van der Waals surface area contributed by atoms with Gasteiger partial charge in [-0.1, -0.05) is 12.1 Å². The molecule has 1 aliphatic heterocycles. The molecule has 1 heterocycles. The number of aliphatic hydroxyl groups is 1. The van der Waals surface area contributed by atoms with Crippen molar-refractivity contribution in [2.45, 2.75) is 25.4 Å². The highest BCUT2D eigenvalue weighted by Gasteiger charge is 2.49. The Morgan fingerprint density at radius 3 is 2.52 bits per heavy atom. The van der Waals surface area contributed by atoms with Crippen LogP contribution in [0.2, 0.25) is 0 Å². The summed E-state index contributed by atoms with van der Waals surface area (Å²) in [4.78, 5) is 39.5. The average Bonchev–Trinajstić information content (AvgIpc) is 2.68. The van der Waals surface area contributed by atoms with Gasteiger partial charge in [-0.2, -0.15) is 0 Å². The predicted octanol–water partition coefficient (Wildman–Crippen LogP) is 1.70. The molecule has 0 spiro atoms. The highest BCUT2D eigenvalue weighted by Crippen LogP contribution is 2.46. The molecule has 2 N–H and O–H groups in total. The fourth-order valence-electron chi connectivity index (χ4n) is 3.10. The number of benzene rings is 2. The number of aromatic hydroxyl groups is 1. The van der Waals surface area contributed by atoms with Gasteiger partial charge in [-0.3, -0.25) is 19.7 Å². The van der Waals surface area contributed by atoms with Crippen LogP contribution in [0.25, 0.3) is 0 Å². The summed E-state index contributed by atoms with van der Waals surface area (Å²) < 4.78 is 5.74. The molecule has 1 amide bonds. The Morgan fingerprint density at radius 1 is 1.28 bits per heavy atom. The number of amides is 1. The molecule has 2 atom stereocenters. The van der Waals surface area contributed by atoms with Crippen LogP contribution in [0.15, 0.2) is 42.5 Å². The number of hydrogen-bond donors (Lipinski definition) is 2. The topological polar surface area (TPSA) is 139 Å². The Kier molecular flexibility index (Phi) is 5.33. The summed E-state index contributed by atoms with van der Waals surface area (Å²) in [5.74, 6) is -4.24. The number of nitro groups is 1. The number of non-ortho nitro benzene ring substituents is 1. The third-order valence-electron chi connectivity index (χ3n) is 4.51. The standard InChI is InChI=1S/C19H18N2O8/c1-11(22)18(24)20(2)29-19(25)16-9-14(21(26)27)6-3-13(16)10-28-17(19)12-4-7-15(23)8-5-12/h3-9,17,23,25H,10H2,1-2H3. The van der Waals surface area contributed by atoms with Gasteiger partial charge in [0.15, 0.2) is 0 Å². The number of phenolic OH excluding ortho intramolecular Hbond substituents is 1. The number of ketones is 1. The third-order valence-corrected chi connectivity index (χ3v) is 4.51. The number of carbonyl (C=O) groups excluding carboxylic acids is 2. The van der Waals surface area contributed by atoms with Crippen LogP contribution in [0.3, 0.4) is 0 Å². The van der Waals surface area contributed by atoms with Crippen molar-refractivity contribution in [3.05, 3.63) is 69.3 Å². The van der Waals surface area contributed by atoms with Crippen LogP contribution in [0.5, 0.6) is 5.75 Å². The van der Waals surface area contributed by atoms with Gasteiger partial charge in [-0.25, -0.2) is 9.90 Å². The normalized spacial score (nSPS) is 20.6. The number of nitro benzene ring substituents is 1. The van der Waals surface area contributed by atoms with Gasteiger partial charge < -0.3 is 14.9 Å². The van der Waals surface area contributed by atoms with E-state index in [2.05, 4.69) is 0 Å². The minimum absolute atomic E-state index is 0.00884. The maximum absolute atomic E-state index is 12.0. The Bertz CT molecular complexity index is 975. The number of carbonyl (C=O) groups is 2. The summed E-state index contributed by atoms with van der Waals surface area (Å²) in [6, 6.07) is 9.50. The van der Waals surface area contributed by atoms with Gasteiger partial charge in [0.2, 0.25) is 11.6 Å². The van der Waals surface area contributed by atoms with Gasteiger partial charge in [0, 0.05) is 31.7 Å². The van der Waals surface area contributed by atoms with Crippen molar-refractivity contribution >= 4 is 17.4 Å². The number of nitrogens with zero attached hydrogens (tertiary/aromatic N) is 2. The Morgan fingerprint density at radius 2 is 1.93 bits per heavy atom. The van der Waals surface area contributed by atoms with Crippen molar-refractivity contribution in [3.8, 4) is 5.75 Å². The lowest BCUT2D eigenvalue weighted by atomic mass is 9.88. The fraction of sp³-hybridized carbons (Fsp3) is 0.263. The molecule has 0 bridgehead atoms. The summed E-state index contributed by atoms with van der Waals surface area (Å²) >= 11 is 0. The van der Waals surface area contributed by atoms with E-state index in [1.165, 1.54) is 36.4 Å². The predicted molar refractivity (Wildman–Crippen MR) is 97.2 cm³/mol. The van der Waals surface area contributed by atoms with E-state index in [1.807, 2.05) is 0 Å². The zero-order chi connectivity index (χ0) is 21.3. The van der Waals surface area contributed by atoms with Crippen molar-refractivity contribution in [2.24, 2.45) is 0 Å². The van der Waals surface area contributed by atoms with Crippen molar-refractivity contribution in [3.63, 3.8) is 0 Å². The highest BCUT2D eigenvalue weighted by molar-refractivity contribution is 6.34. The summed E-state index contributed by atoms with van der Waals surface area (Å²) in [6.07, 6.45) is -1.21. The lowest BCUT2D eigenvalue weighted by Gasteiger charge is -2.41. The highest BCUT2D eigenvalue weighted by atomic mass is 16.8. The molecule has 0 saturated carbocycles. The van der Waals surface area contributed by atoms with Crippen LogP contribution in [0, 0.1) is 10.1 Å². The maximum atomic E-state index is 12.0. The molecule has 0 aromatic heterocycles. The molecule has 10 heteroatoms. The second kappa shape index (κ2) is 7.59. The Balaban J connectivity index is 2.13. The molecule has 0 fully saturated rings. The smallest absolute Gasteiger partial charge is 0.313 e. The van der Waals surface area contributed by atoms with Crippen molar-refractivity contribution in [1.29, 1.82) is 0 Å². The van der Waals surface area contributed by atoms with Crippen molar-refractivity contribution < 1.29 is 34.3 Å². The molecule has 2 aromatic rings. The van der Waals surface area contributed by atoms with E-state index >= 15 is 0 Å². The monoisotopic (exact) mass is 402 g/mol. The van der Waals surface area contributed by atoms with E-state index in [1.54, 1.807) is 0 Å². The van der Waals surface area contributed by atoms with Gasteiger partial charge in [-0.15, -0.1) is 0 Å². The first-order valence-corrected chi connectivity index (χ1v) is 8.52. The molecule has 0 saturated heterocycles. The van der Waals surface area contributed by atoms with Crippen molar-refractivity contribution in [2.75, 3.05) is 7.05 Å². The maximum Gasteiger partial charge on any atom is 0.313 e. The number of rotatable bonds is 5. The molecule has 0 radical (unpaired) electrons. The number of likely N-dealkylation sites (N-methyl/N-ethyl adjacent to an activating group) is 1. The summed E-state index contributed by atoms with van der Waals surface area (Å²) in [5.41, 5.74) is 0.528. The summed E-state index contributed by atoms with van der Waals surface area (Å²) in [6.45, 7) is 1.05. The molecular formula is C19H18N2O8. The van der Waals surface area contributed by atoms with Crippen LogP contribution in [0.4, 0.5) is 5.69 Å². The molecule has 1 aliphatic rings. The third kappa shape index (κ3) is 3.81. The Hall–Kier alpha value is -3.34. The molecule has 0 aliphatic carbocycles. The number of Topliss-reactive ketones (excluding diaryl/α,β-unsaturated/α-hetero) is 1. The number of phenols is 1. The van der Waals surface area contributed by atoms with Crippen LogP contribution < -0.4 is 0 Å². The first kappa shape index (κ1) is 20.4. The van der Waals surface area contributed by atoms with Crippen LogP contribution in [-0.4, -0.2) is 38.9 Å². The number of ether oxygens (including phenoxy) is 1. The summed E-state index contributed by atoms with van der Waals surface area (Å²) in [5, 5.41) is 32.8. The first-order chi connectivity index (χ1) is 13.6. The molecule has 2 unspecified atom stereocenters. The number of hydrogen-bond acceptors (Lipinski definition) is 8. The van der Waals surface area contributed by atoms with Gasteiger partial charge >= 0.3 is 5.91 Å². The molecule has 10 nitrogen and oxygen atoms in total. The molecule has 3 rings (SSSR count). The van der Waals surface area contributed by atoms with Crippen LogP contribution in [0.1, 0.15) is 29.7 Å². The number of fused-ring (bicyclic) bond motifs is 1. The molecule has 152 valence electrons. The average molecular weight is 402 g/mol. The largest absolute Gasteiger partial charge is 0.508 e. The minimum Gasteiger partial charge on any atom is -0.508 e. The van der Waals surface area contributed by atoms with Gasteiger partial charge in [0.05, 0.1) is 11.5 Å². The van der Waals surface area contributed by atoms with Crippen LogP contribution in [-0.2, 0) is 31.6 Å². The summed E-state index contributed by atoms with van der Waals surface area (Å²) in [7, 11) is 1.14. The SMILES string of the molecule is CC(=O)C(=O)N(C)OC1(O)c2cc([N+](=O)[O-])ccc2COC1c1ccc(O)cc1. The minimum atomic E-state index is -2.36. The van der Waals surface area contributed by atoms with E-state index in [9.17, 15) is 29.9 Å². The van der Waals surface area contributed by atoms with Gasteiger partial charge in [0.25, 0.3) is 5.69 Å². The first-order valence-electron chi connectivity index (χ1n) is 8.52. The molecule has 29 heavy (non-hydrogen) atoms. The molecular weight excluding hydrogens is 384 g/mol. The zero-order valence-electron chi connectivity index (χ0n) is 15.6. The van der Waals surface area contributed by atoms with E-state index in [4.69, 9.17) is 9.57 Å². The quantitative estimate of drug-likeness (QED) is 0.333. The fourth-order valence-corrected chi connectivity index (χ4v) is 3.10. The molecule has 2 aromatic carbocycles. The number of hydroxylamine groups is 2. The van der Waals surface area contributed by atoms with E-state index in [0.29, 0.717) is 16.2 Å². The zero-order valence-corrected chi connectivity index (χ0v) is 15.6. The van der Waals surface area contributed by atoms with Gasteiger partial charge in [-0.05, 0) is 29.3 Å². The van der Waals surface area contributed by atoms with Crippen molar-refractivity contribution in [1.82, 2.24) is 5.06 Å². The van der Waals surface area contributed by atoms with Crippen LogP contribution >= 0.6 is 0 Å². The second-order valence-electron chi connectivity index (χ2n) is 6.53. The van der Waals surface area contributed by atoms with E-state index < -0.39 is 28.5 Å². The second-order valence-corrected chi connectivity index (χ2v) is 6.53.